The van der Waals surface area contributed by atoms with Crippen LogP contribution < -0.4 is 15.0 Å². The minimum Gasteiger partial charge on any atom is -0.475 e. The number of amides is 1. The number of carbonyl (C=O) groups excluding carboxylic acids is 1. The molecule has 0 aliphatic carbocycles. The van der Waals surface area contributed by atoms with Gasteiger partial charge in [-0.3, -0.25) is 4.79 Å². The highest BCUT2D eigenvalue weighted by Crippen LogP contribution is 2.33. The third-order valence-corrected chi connectivity index (χ3v) is 6.70. The molecule has 222 valence electrons. The van der Waals surface area contributed by atoms with Gasteiger partial charge in [0.25, 0.3) is 5.91 Å². The van der Waals surface area contributed by atoms with Crippen LogP contribution in [-0.4, -0.2) is 46.4 Å². The van der Waals surface area contributed by atoms with E-state index in [4.69, 9.17) is 14.6 Å². The van der Waals surface area contributed by atoms with Crippen LogP contribution in [0.25, 0.3) is 5.52 Å². The minimum absolute atomic E-state index is 0.117. The highest BCUT2D eigenvalue weighted by molar-refractivity contribution is 6.02. The summed E-state index contributed by atoms with van der Waals surface area (Å²) in [5, 5.41) is 14.8. The van der Waals surface area contributed by atoms with Crippen molar-refractivity contribution >= 4 is 23.1 Å². The molecule has 1 unspecified atom stereocenters. The van der Waals surface area contributed by atoms with E-state index in [1.807, 2.05) is 38.2 Å². The highest BCUT2D eigenvalue weighted by atomic mass is 19.4. The molecule has 42 heavy (non-hydrogen) atoms. The SMILES string of the molecule is Cc1cc(OCc2c(F)cccc2F)n2nc(C)c(C(=O)NC3CCN(C)c4ccccc43)c2c1.O=C(O)C(F)(F)F. The number of aromatic nitrogens is 2. The van der Waals surface area contributed by atoms with Crippen LogP contribution in [0.2, 0.25) is 0 Å². The van der Waals surface area contributed by atoms with E-state index < -0.39 is 23.8 Å². The molecule has 8 nitrogen and oxygen atoms in total. The molecule has 2 aromatic heterocycles. The average Bonchev–Trinajstić information content (AvgIpc) is 3.25. The largest absolute Gasteiger partial charge is 0.490 e. The number of para-hydroxylation sites is 1. The number of aryl methyl sites for hydroxylation is 2. The lowest BCUT2D eigenvalue weighted by Gasteiger charge is -2.33. The number of pyridine rings is 1. The Balaban J connectivity index is 0.000000517. The Hall–Kier alpha value is -4.68. The van der Waals surface area contributed by atoms with E-state index >= 15 is 0 Å². The molecule has 5 rings (SSSR count). The summed E-state index contributed by atoms with van der Waals surface area (Å²) in [6.45, 7) is 4.16. The third-order valence-electron chi connectivity index (χ3n) is 6.70. The Morgan fingerprint density at radius 2 is 1.71 bits per heavy atom. The van der Waals surface area contributed by atoms with Crippen LogP contribution in [0.4, 0.5) is 27.6 Å². The van der Waals surface area contributed by atoms with Crippen molar-refractivity contribution in [1.82, 2.24) is 14.9 Å². The number of ether oxygens (including phenoxy) is 1. The molecule has 1 amide bonds. The Bertz CT molecular complexity index is 1620. The van der Waals surface area contributed by atoms with E-state index in [-0.39, 0.29) is 24.1 Å². The number of halogens is 5. The maximum Gasteiger partial charge on any atom is 0.490 e. The topological polar surface area (TPSA) is 96.2 Å². The number of carboxylic acid groups (broad SMARTS) is 1. The zero-order valence-electron chi connectivity index (χ0n) is 22.8. The molecule has 0 saturated heterocycles. The van der Waals surface area contributed by atoms with Gasteiger partial charge in [-0.2, -0.15) is 22.8 Å². The second-order valence-corrected chi connectivity index (χ2v) is 9.72. The summed E-state index contributed by atoms with van der Waals surface area (Å²) in [4.78, 5) is 24.6. The smallest absolute Gasteiger partial charge is 0.475 e. The van der Waals surface area contributed by atoms with Gasteiger partial charge in [0.15, 0.2) is 0 Å². The number of carboxylic acids is 1. The molecule has 1 aliphatic rings. The van der Waals surface area contributed by atoms with Crippen LogP contribution in [0.1, 0.15) is 45.2 Å². The molecule has 0 radical (unpaired) electrons. The summed E-state index contributed by atoms with van der Waals surface area (Å²) in [5.74, 6) is -4.03. The van der Waals surface area contributed by atoms with E-state index in [1.54, 1.807) is 13.0 Å². The lowest BCUT2D eigenvalue weighted by atomic mass is 9.96. The molecule has 2 aromatic carbocycles. The molecule has 2 N–H and O–H groups in total. The van der Waals surface area contributed by atoms with Crippen LogP contribution in [-0.2, 0) is 11.4 Å². The molecule has 0 spiro atoms. The quantitative estimate of drug-likeness (QED) is 0.288. The number of hydrogen-bond acceptors (Lipinski definition) is 5. The van der Waals surface area contributed by atoms with E-state index in [0.717, 1.165) is 29.8 Å². The van der Waals surface area contributed by atoms with Crippen molar-refractivity contribution in [3.05, 3.63) is 94.2 Å². The van der Waals surface area contributed by atoms with Crippen LogP contribution in [0.5, 0.6) is 5.88 Å². The monoisotopic (exact) mass is 590 g/mol. The Kier molecular flexibility index (Phi) is 8.69. The number of nitrogens with zero attached hydrogens (tertiary/aromatic N) is 3. The molecule has 3 heterocycles. The average molecular weight is 591 g/mol. The van der Waals surface area contributed by atoms with Crippen LogP contribution in [0.15, 0.2) is 54.6 Å². The Morgan fingerprint density at radius 3 is 2.36 bits per heavy atom. The maximum atomic E-state index is 14.1. The minimum atomic E-state index is -5.08. The van der Waals surface area contributed by atoms with Gasteiger partial charge in [-0.15, -0.1) is 0 Å². The van der Waals surface area contributed by atoms with Crippen molar-refractivity contribution in [2.75, 3.05) is 18.5 Å². The third kappa shape index (κ3) is 6.45. The van der Waals surface area contributed by atoms with Gasteiger partial charge in [-0.25, -0.2) is 13.6 Å². The fourth-order valence-electron chi connectivity index (χ4n) is 4.67. The molecule has 0 bridgehead atoms. The lowest BCUT2D eigenvalue weighted by molar-refractivity contribution is -0.192. The predicted molar refractivity (Wildman–Crippen MR) is 144 cm³/mol. The first-order valence-corrected chi connectivity index (χ1v) is 12.7. The van der Waals surface area contributed by atoms with E-state index in [1.165, 1.54) is 22.7 Å². The van der Waals surface area contributed by atoms with Gasteiger partial charge in [-0.05, 0) is 55.7 Å². The molecular weight excluding hydrogens is 563 g/mol. The van der Waals surface area contributed by atoms with Crippen LogP contribution in [0.3, 0.4) is 0 Å². The number of fused-ring (bicyclic) bond motifs is 2. The number of anilines is 1. The summed E-state index contributed by atoms with van der Waals surface area (Å²) in [6, 6.07) is 15.2. The summed E-state index contributed by atoms with van der Waals surface area (Å²) in [5.41, 5.74) is 4.42. The van der Waals surface area contributed by atoms with Gasteiger partial charge in [-0.1, -0.05) is 24.3 Å². The van der Waals surface area contributed by atoms with Crippen LogP contribution in [0, 0.1) is 25.5 Å². The van der Waals surface area contributed by atoms with Gasteiger partial charge in [0, 0.05) is 25.3 Å². The zero-order valence-corrected chi connectivity index (χ0v) is 22.8. The van der Waals surface area contributed by atoms with Crippen molar-refractivity contribution in [1.29, 1.82) is 0 Å². The van der Waals surface area contributed by atoms with E-state index in [9.17, 15) is 26.7 Å². The van der Waals surface area contributed by atoms with E-state index in [2.05, 4.69) is 21.4 Å². The molecule has 0 fully saturated rings. The fraction of sp³-hybridized carbons (Fsp3) is 0.276. The first-order valence-electron chi connectivity index (χ1n) is 12.7. The van der Waals surface area contributed by atoms with Crippen molar-refractivity contribution in [3.8, 4) is 5.88 Å². The number of carbonyl (C=O) groups is 2. The molecule has 0 saturated carbocycles. The molecular formula is C29H27F5N4O4. The van der Waals surface area contributed by atoms with Crippen molar-refractivity contribution in [3.63, 3.8) is 0 Å². The fourth-order valence-corrected chi connectivity index (χ4v) is 4.67. The molecule has 4 aromatic rings. The Labute approximate surface area is 237 Å². The second kappa shape index (κ2) is 12.0. The standard InChI is InChI=1S/C27H26F2N4O2.C2HF3O2/c1-16-13-24-26(27(34)30-22-11-12-32(3)23-10-5-4-7-18(22)23)17(2)31-33(24)25(14-16)35-15-19-20(28)8-6-9-21(19)29;3-2(4,5)1(6)7/h4-10,13-14,22H,11-12,15H2,1-3H3,(H,30,34);(H,6,7). The normalized spacial score (nSPS) is 14.6. The van der Waals surface area contributed by atoms with Gasteiger partial charge < -0.3 is 20.1 Å². The van der Waals surface area contributed by atoms with Crippen molar-refractivity contribution in [2.45, 2.75) is 39.1 Å². The van der Waals surface area contributed by atoms with Gasteiger partial charge >= 0.3 is 12.1 Å². The molecule has 1 atom stereocenters. The van der Waals surface area contributed by atoms with Gasteiger partial charge in [0.2, 0.25) is 5.88 Å². The van der Waals surface area contributed by atoms with Crippen LogP contribution >= 0.6 is 0 Å². The summed E-state index contributed by atoms with van der Waals surface area (Å²) < 4.78 is 67.2. The number of alkyl halides is 3. The second-order valence-electron chi connectivity index (χ2n) is 9.72. The number of rotatable bonds is 5. The van der Waals surface area contributed by atoms with Crippen molar-refractivity contribution in [2.24, 2.45) is 0 Å². The summed E-state index contributed by atoms with van der Waals surface area (Å²) >= 11 is 0. The summed E-state index contributed by atoms with van der Waals surface area (Å²) in [7, 11) is 2.05. The summed E-state index contributed by atoms with van der Waals surface area (Å²) in [6.07, 6.45) is -4.29. The maximum absolute atomic E-state index is 14.1. The number of nitrogens with one attached hydrogen (secondary N) is 1. The van der Waals surface area contributed by atoms with Gasteiger partial charge in [0.05, 0.1) is 28.4 Å². The van der Waals surface area contributed by atoms with E-state index in [0.29, 0.717) is 22.7 Å². The lowest BCUT2D eigenvalue weighted by Crippen LogP contribution is -2.36. The Morgan fingerprint density at radius 1 is 1.07 bits per heavy atom. The highest BCUT2D eigenvalue weighted by Gasteiger charge is 2.38. The zero-order chi connectivity index (χ0) is 30.8. The number of aliphatic carboxylic acids is 1. The first kappa shape index (κ1) is 30.3. The molecule has 1 aliphatic heterocycles. The first-order chi connectivity index (χ1) is 19.8. The number of hydrogen-bond donors (Lipinski definition) is 2. The number of benzene rings is 2. The van der Waals surface area contributed by atoms with Crippen molar-refractivity contribution < 1.29 is 41.4 Å². The predicted octanol–water partition coefficient (Wildman–Crippen LogP) is 5.75. The van der Waals surface area contributed by atoms with Gasteiger partial charge in [0.1, 0.15) is 18.2 Å². The molecule has 13 heteroatoms.